The Morgan fingerprint density at radius 2 is 1.85 bits per heavy atom. The van der Waals surface area contributed by atoms with Crippen molar-refractivity contribution in [3.63, 3.8) is 0 Å². The maximum atomic E-state index is 12.4. The number of fused-ring (bicyclic) bond motifs is 3. The fourth-order valence-electron chi connectivity index (χ4n) is 3.82. The van der Waals surface area contributed by atoms with Crippen molar-refractivity contribution in [1.82, 2.24) is 20.1 Å². The number of benzene rings is 1. The summed E-state index contributed by atoms with van der Waals surface area (Å²) in [5, 5.41) is 12.6. The average Bonchev–Trinajstić information content (AvgIpc) is 2.90. The molecule has 2 heterocycles. The molecule has 0 radical (unpaired) electrons. The second kappa shape index (κ2) is 7.95. The van der Waals surface area contributed by atoms with E-state index in [0.29, 0.717) is 43.8 Å². The lowest BCUT2D eigenvalue weighted by molar-refractivity contribution is -0.345. The maximum Gasteiger partial charge on any atom is 0.522 e. The van der Waals surface area contributed by atoms with E-state index in [1.807, 2.05) is 22.8 Å². The normalized spacial score (nSPS) is 22.4. The van der Waals surface area contributed by atoms with Crippen LogP contribution in [0.1, 0.15) is 48.8 Å². The number of ether oxygens (including phenoxy) is 1. The highest BCUT2D eigenvalue weighted by atomic mass is 35.5. The summed E-state index contributed by atoms with van der Waals surface area (Å²) in [4.78, 5) is 0. The first-order chi connectivity index (χ1) is 12.4. The Balaban J connectivity index is 0.00000210. The molecule has 1 aliphatic carbocycles. The van der Waals surface area contributed by atoms with Crippen LogP contribution < -0.4 is 5.32 Å². The van der Waals surface area contributed by atoms with E-state index >= 15 is 0 Å². The molecule has 0 unspecified atom stereocenters. The van der Waals surface area contributed by atoms with Gasteiger partial charge in [-0.3, -0.25) is 9.30 Å². The Hall–Kier alpha value is -1.35. The van der Waals surface area contributed by atoms with E-state index in [-0.39, 0.29) is 18.3 Å². The molecule has 0 atom stereocenters. The van der Waals surface area contributed by atoms with Gasteiger partial charge in [-0.15, -0.1) is 35.8 Å². The van der Waals surface area contributed by atoms with E-state index in [0.717, 1.165) is 22.9 Å². The minimum atomic E-state index is -4.58. The molecule has 1 N–H and O–H groups in total. The first-order valence-electron chi connectivity index (χ1n) is 8.59. The van der Waals surface area contributed by atoms with Gasteiger partial charge in [0.25, 0.3) is 0 Å². The minimum Gasteiger partial charge on any atom is -0.306 e. The van der Waals surface area contributed by atoms with E-state index < -0.39 is 12.5 Å². The molecule has 0 amide bonds. The summed E-state index contributed by atoms with van der Waals surface area (Å²) >= 11 is 6.11. The lowest BCUT2D eigenvalue weighted by atomic mass is 9.86. The average molecular weight is 423 g/mol. The third-order valence-corrected chi connectivity index (χ3v) is 5.21. The molecule has 2 aliphatic rings. The Morgan fingerprint density at radius 3 is 2.56 bits per heavy atom. The van der Waals surface area contributed by atoms with Gasteiger partial charge < -0.3 is 5.32 Å². The van der Waals surface area contributed by atoms with Gasteiger partial charge in [0.15, 0.2) is 5.82 Å². The van der Waals surface area contributed by atoms with E-state index in [1.165, 1.54) is 0 Å². The quantitative estimate of drug-likeness (QED) is 0.773. The van der Waals surface area contributed by atoms with Crippen LogP contribution in [-0.4, -0.2) is 27.2 Å². The van der Waals surface area contributed by atoms with Crippen molar-refractivity contribution in [1.29, 1.82) is 0 Å². The van der Waals surface area contributed by atoms with Gasteiger partial charge >= 0.3 is 6.36 Å². The Kier molecular flexibility index (Phi) is 6.00. The molecule has 10 heteroatoms. The molecular weight excluding hydrogens is 404 g/mol. The third kappa shape index (κ3) is 4.39. The van der Waals surface area contributed by atoms with Gasteiger partial charge in [-0.05, 0) is 49.4 Å². The molecule has 2 aromatic rings. The summed E-state index contributed by atoms with van der Waals surface area (Å²) < 4.78 is 43.4. The van der Waals surface area contributed by atoms with Crippen LogP contribution in [-0.2, 0) is 17.8 Å². The summed E-state index contributed by atoms with van der Waals surface area (Å²) in [6, 6.07) is 5.68. The number of aromatic nitrogens is 3. The van der Waals surface area contributed by atoms with Crippen molar-refractivity contribution >= 4 is 24.0 Å². The first kappa shape index (κ1) is 20.4. The molecule has 0 spiro atoms. The molecule has 1 fully saturated rings. The molecule has 0 bridgehead atoms. The Labute approximate surface area is 165 Å². The number of halogens is 5. The van der Waals surface area contributed by atoms with E-state index in [2.05, 4.69) is 20.3 Å². The van der Waals surface area contributed by atoms with Crippen molar-refractivity contribution in [2.45, 2.75) is 57.2 Å². The zero-order valence-electron chi connectivity index (χ0n) is 14.3. The van der Waals surface area contributed by atoms with Gasteiger partial charge in [-0.25, -0.2) is 0 Å². The van der Waals surface area contributed by atoms with Crippen molar-refractivity contribution in [3.8, 4) is 5.69 Å². The molecule has 1 aromatic heterocycles. The monoisotopic (exact) mass is 422 g/mol. The largest absolute Gasteiger partial charge is 0.522 e. The van der Waals surface area contributed by atoms with Crippen LogP contribution in [0, 0.1) is 0 Å². The van der Waals surface area contributed by atoms with Crippen LogP contribution in [0.3, 0.4) is 0 Å². The summed E-state index contributed by atoms with van der Waals surface area (Å²) in [7, 11) is 0. The smallest absolute Gasteiger partial charge is 0.306 e. The highest BCUT2D eigenvalue weighted by molar-refractivity contribution is 6.30. The molecule has 27 heavy (non-hydrogen) atoms. The molecule has 148 valence electrons. The molecule has 5 nitrogen and oxygen atoms in total. The summed E-state index contributed by atoms with van der Waals surface area (Å²) in [6.07, 6.45) is -3.45. The number of alkyl halides is 3. The summed E-state index contributed by atoms with van der Waals surface area (Å²) in [6.45, 7) is 1.25. The number of hydrogen-bond acceptors (Lipinski definition) is 4. The first-order valence-corrected chi connectivity index (χ1v) is 8.97. The minimum absolute atomic E-state index is 0. The molecule has 1 aliphatic heterocycles. The Bertz CT molecular complexity index is 804. The van der Waals surface area contributed by atoms with Gasteiger partial charge in [0.2, 0.25) is 0 Å². The van der Waals surface area contributed by atoms with Gasteiger partial charge in [-0.1, -0.05) is 11.6 Å². The van der Waals surface area contributed by atoms with Gasteiger partial charge in [-0.2, -0.15) is 0 Å². The van der Waals surface area contributed by atoms with E-state index in [4.69, 9.17) is 11.6 Å². The van der Waals surface area contributed by atoms with Crippen LogP contribution in [0.25, 0.3) is 5.69 Å². The van der Waals surface area contributed by atoms with Gasteiger partial charge in [0, 0.05) is 17.5 Å². The van der Waals surface area contributed by atoms with Crippen molar-refractivity contribution in [2.24, 2.45) is 0 Å². The summed E-state index contributed by atoms with van der Waals surface area (Å²) in [5.41, 5.74) is 2.02. The number of nitrogens with one attached hydrogen (secondary N) is 1. The third-order valence-electron chi connectivity index (χ3n) is 4.98. The number of nitrogens with zero attached hydrogens (tertiary/aromatic N) is 3. The van der Waals surface area contributed by atoms with E-state index in [9.17, 15) is 13.2 Å². The molecule has 1 aromatic carbocycles. The molecule has 4 rings (SSSR count). The fourth-order valence-corrected chi connectivity index (χ4v) is 4.02. The van der Waals surface area contributed by atoms with Gasteiger partial charge in [0.1, 0.15) is 5.82 Å². The van der Waals surface area contributed by atoms with Crippen LogP contribution in [0.2, 0.25) is 5.02 Å². The standard InChI is InChI=1S/C17H18ClF3N4O.ClH/c18-12-3-6-14-11(7-12)8-22-9-15-23-24-16(25(14)15)10-1-4-13(5-2-10)26-17(19,20)21;/h3,6-7,10,13,22H,1-2,4-5,8-9H2;1H/t10-,13-;. The van der Waals surface area contributed by atoms with Crippen molar-refractivity contribution in [2.75, 3.05) is 0 Å². The van der Waals surface area contributed by atoms with Crippen LogP contribution in [0.4, 0.5) is 13.2 Å². The lowest BCUT2D eigenvalue weighted by Crippen LogP contribution is -2.28. The second-order valence-corrected chi connectivity index (χ2v) is 7.16. The van der Waals surface area contributed by atoms with Crippen LogP contribution in [0.5, 0.6) is 0 Å². The lowest BCUT2D eigenvalue weighted by Gasteiger charge is -2.28. The topological polar surface area (TPSA) is 52.0 Å². The highest BCUT2D eigenvalue weighted by Crippen LogP contribution is 2.37. The molecule has 1 saturated carbocycles. The predicted octanol–water partition coefficient (Wildman–Crippen LogP) is 4.51. The SMILES string of the molecule is Cl.FC(F)(F)O[C@H]1CC[C@H](c2nnc3n2-c2ccc(Cl)cc2CNC3)CC1. The molecule has 0 saturated heterocycles. The number of rotatable bonds is 2. The zero-order valence-corrected chi connectivity index (χ0v) is 15.9. The second-order valence-electron chi connectivity index (χ2n) is 6.72. The van der Waals surface area contributed by atoms with E-state index in [1.54, 1.807) is 0 Å². The van der Waals surface area contributed by atoms with Crippen molar-refractivity contribution in [3.05, 3.63) is 40.4 Å². The fraction of sp³-hybridized carbons (Fsp3) is 0.529. The van der Waals surface area contributed by atoms with Crippen LogP contribution >= 0.6 is 24.0 Å². The number of hydrogen-bond donors (Lipinski definition) is 1. The van der Waals surface area contributed by atoms with Crippen LogP contribution in [0.15, 0.2) is 18.2 Å². The van der Waals surface area contributed by atoms with Gasteiger partial charge in [0.05, 0.1) is 18.3 Å². The zero-order chi connectivity index (χ0) is 18.3. The summed E-state index contributed by atoms with van der Waals surface area (Å²) in [5.74, 6) is 1.67. The maximum absolute atomic E-state index is 12.4. The Morgan fingerprint density at radius 1 is 1.11 bits per heavy atom. The highest BCUT2D eigenvalue weighted by Gasteiger charge is 2.36. The van der Waals surface area contributed by atoms with Crippen molar-refractivity contribution < 1.29 is 17.9 Å². The molecular formula is C17H19Cl2F3N4O. The predicted molar refractivity (Wildman–Crippen MR) is 96.3 cm³/mol.